The second kappa shape index (κ2) is 4.98. The first kappa shape index (κ1) is 12.3. The summed E-state index contributed by atoms with van der Waals surface area (Å²) in [5.41, 5.74) is 0. The summed E-state index contributed by atoms with van der Waals surface area (Å²) in [6.07, 6.45) is 0. The van der Waals surface area contributed by atoms with Gasteiger partial charge in [0, 0.05) is 12.1 Å². The van der Waals surface area contributed by atoms with Gasteiger partial charge in [0.15, 0.2) is 0 Å². The molecule has 0 atom stereocenters. The Balaban J connectivity index is 2.28. The van der Waals surface area contributed by atoms with Gasteiger partial charge in [-0.05, 0) is 35.0 Å². The predicted octanol–water partition coefficient (Wildman–Crippen LogP) is 4.13. The lowest BCUT2D eigenvalue weighted by atomic mass is 10.3. The van der Waals surface area contributed by atoms with E-state index in [0.29, 0.717) is 22.1 Å². The van der Waals surface area contributed by atoms with Crippen LogP contribution < -0.4 is 4.74 Å². The Morgan fingerprint density at radius 1 is 1.29 bits per heavy atom. The lowest BCUT2D eigenvalue weighted by molar-refractivity contribution is 0.457. The highest BCUT2D eigenvalue weighted by molar-refractivity contribution is 9.10. The van der Waals surface area contributed by atoms with Crippen LogP contribution in [0.1, 0.15) is 5.82 Å². The van der Waals surface area contributed by atoms with Crippen molar-refractivity contribution in [1.29, 1.82) is 0 Å². The molecule has 1 aromatic carbocycles. The van der Waals surface area contributed by atoms with Gasteiger partial charge < -0.3 is 4.74 Å². The Morgan fingerprint density at radius 3 is 2.71 bits per heavy atom. The van der Waals surface area contributed by atoms with Crippen molar-refractivity contribution in [2.75, 3.05) is 0 Å². The Hall–Kier alpha value is -1.20. The van der Waals surface area contributed by atoms with Gasteiger partial charge in [0.1, 0.15) is 22.0 Å². The van der Waals surface area contributed by atoms with Crippen LogP contribution in [0.4, 0.5) is 4.39 Å². The highest BCUT2D eigenvalue weighted by Crippen LogP contribution is 2.26. The molecule has 0 saturated carbocycles. The summed E-state index contributed by atoms with van der Waals surface area (Å²) in [7, 11) is 0. The zero-order valence-corrected chi connectivity index (χ0v) is 11.1. The zero-order valence-electron chi connectivity index (χ0n) is 8.75. The third-order valence-electron chi connectivity index (χ3n) is 1.90. The summed E-state index contributed by atoms with van der Waals surface area (Å²) >= 11 is 8.88. The van der Waals surface area contributed by atoms with Crippen LogP contribution in [0.2, 0.25) is 5.02 Å². The molecule has 2 rings (SSSR count). The first-order valence-electron chi connectivity index (χ1n) is 4.69. The van der Waals surface area contributed by atoms with Crippen LogP contribution in [-0.4, -0.2) is 9.97 Å². The molecule has 1 aromatic heterocycles. The number of rotatable bonds is 2. The van der Waals surface area contributed by atoms with E-state index >= 15 is 0 Å². The molecule has 0 saturated heterocycles. The molecule has 0 aliphatic heterocycles. The Bertz CT molecular complexity index is 545. The zero-order chi connectivity index (χ0) is 12.4. The summed E-state index contributed by atoms with van der Waals surface area (Å²) in [5.74, 6) is 0.870. The molecule has 6 heteroatoms. The maximum atomic E-state index is 12.9. The summed E-state index contributed by atoms with van der Waals surface area (Å²) in [6.45, 7) is 1.75. The van der Waals surface area contributed by atoms with Crippen LogP contribution in [0, 0.1) is 12.7 Å². The van der Waals surface area contributed by atoms with Gasteiger partial charge in [0.2, 0.25) is 5.88 Å². The molecule has 0 radical (unpaired) electrons. The molecule has 0 unspecified atom stereocenters. The van der Waals surface area contributed by atoms with Crippen LogP contribution in [0.15, 0.2) is 28.9 Å². The second-order valence-electron chi connectivity index (χ2n) is 3.25. The lowest BCUT2D eigenvalue weighted by Crippen LogP contribution is -1.93. The molecule has 88 valence electrons. The molecular weight excluding hydrogens is 310 g/mol. The van der Waals surface area contributed by atoms with Gasteiger partial charge in [0.05, 0.1) is 5.02 Å². The van der Waals surface area contributed by atoms with Crippen molar-refractivity contribution in [2.24, 2.45) is 0 Å². The van der Waals surface area contributed by atoms with Crippen molar-refractivity contribution in [3.63, 3.8) is 0 Å². The molecule has 0 amide bonds. The van der Waals surface area contributed by atoms with Crippen molar-refractivity contribution < 1.29 is 9.13 Å². The number of hydrogen-bond acceptors (Lipinski definition) is 3. The minimum absolute atomic E-state index is 0.00680. The summed E-state index contributed by atoms with van der Waals surface area (Å²) in [6, 6.07) is 5.72. The minimum atomic E-state index is -0.487. The van der Waals surface area contributed by atoms with E-state index in [0.717, 1.165) is 0 Å². The average molecular weight is 318 g/mol. The number of ether oxygens (including phenoxy) is 1. The molecule has 3 nitrogen and oxygen atoms in total. The molecule has 0 N–H and O–H groups in total. The molecule has 1 heterocycles. The Labute approximate surface area is 111 Å². The molecule has 0 bridgehead atoms. The van der Waals surface area contributed by atoms with Gasteiger partial charge in [-0.15, -0.1) is 0 Å². The van der Waals surface area contributed by atoms with Crippen molar-refractivity contribution in [1.82, 2.24) is 9.97 Å². The van der Waals surface area contributed by atoms with Crippen LogP contribution in [-0.2, 0) is 0 Å². The molecular formula is C11H7BrClFN2O. The summed E-state index contributed by atoms with van der Waals surface area (Å²) in [5, 5.41) is 0.00680. The van der Waals surface area contributed by atoms with E-state index < -0.39 is 5.82 Å². The van der Waals surface area contributed by atoms with Crippen molar-refractivity contribution in [3.05, 3.63) is 45.5 Å². The predicted molar refractivity (Wildman–Crippen MR) is 66.0 cm³/mol. The Kier molecular flexibility index (Phi) is 3.59. The van der Waals surface area contributed by atoms with Crippen molar-refractivity contribution in [3.8, 4) is 11.6 Å². The van der Waals surface area contributed by atoms with Gasteiger partial charge >= 0.3 is 0 Å². The second-order valence-corrected chi connectivity index (χ2v) is 4.47. The van der Waals surface area contributed by atoms with Crippen LogP contribution in [0.5, 0.6) is 11.6 Å². The van der Waals surface area contributed by atoms with Crippen molar-refractivity contribution >= 4 is 27.5 Å². The van der Waals surface area contributed by atoms with Gasteiger partial charge in [-0.1, -0.05) is 11.6 Å². The standard InChI is InChI=1S/C11H7BrClFN2O/c1-6-15-10(12)5-11(16-6)17-7-2-3-9(14)8(13)4-7/h2-5H,1H3. The van der Waals surface area contributed by atoms with E-state index in [1.165, 1.54) is 18.2 Å². The molecule has 0 aliphatic carbocycles. The highest BCUT2D eigenvalue weighted by Gasteiger charge is 2.05. The van der Waals surface area contributed by atoms with Gasteiger partial charge in [-0.25, -0.2) is 9.37 Å². The van der Waals surface area contributed by atoms with Crippen molar-refractivity contribution in [2.45, 2.75) is 6.92 Å². The minimum Gasteiger partial charge on any atom is -0.439 e. The fourth-order valence-corrected chi connectivity index (χ4v) is 1.84. The monoisotopic (exact) mass is 316 g/mol. The van der Waals surface area contributed by atoms with Gasteiger partial charge in [0.25, 0.3) is 0 Å². The number of aryl methyl sites for hydroxylation is 1. The topological polar surface area (TPSA) is 35.0 Å². The van der Waals surface area contributed by atoms with E-state index in [2.05, 4.69) is 25.9 Å². The quantitative estimate of drug-likeness (QED) is 0.781. The smallest absolute Gasteiger partial charge is 0.223 e. The third-order valence-corrected chi connectivity index (χ3v) is 2.59. The van der Waals surface area contributed by atoms with Crippen LogP contribution in [0.3, 0.4) is 0 Å². The average Bonchev–Trinajstić information content (AvgIpc) is 2.22. The first-order valence-corrected chi connectivity index (χ1v) is 5.86. The first-order chi connectivity index (χ1) is 8.04. The number of halogens is 3. The number of aromatic nitrogens is 2. The largest absolute Gasteiger partial charge is 0.439 e. The highest BCUT2D eigenvalue weighted by atomic mass is 79.9. The van der Waals surface area contributed by atoms with E-state index in [4.69, 9.17) is 16.3 Å². The number of benzene rings is 1. The lowest BCUT2D eigenvalue weighted by Gasteiger charge is -2.06. The number of hydrogen-bond donors (Lipinski definition) is 0. The Morgan fingerprint density at radius 2 is 2.06 bits per heavy atom. The van der Waals surface area contributed by atoms with Crippen LogP contribution in [0.25, 0.3) is 0 Å². The number of nitrogens with zero attached hydrogens (tertiary/aromatic N) is 2. The molecule has 0 aliphatic rings. The maximum Gasteiger partial charge on any atom is 0.223 e. The van der Waals surface area contributed by atoms with E-state index in [1.54, 1.807) is 13.0 Å². The fraction of sp³-hybridized carbons (Fsp3) is 0.0909. The molecule has 0 fully saturated rings. The van der Waals surface area contributed by atoms with Gasteiger partial charge in [-0.3, -0.25) is 0 Å². The SMILES string of the molecule is Cc1nc(Br)cc(Oc2ccc(F)c(Cl)c2)n1. The normalized spacial score (nSPS) is 10.4. The molecule has 2 aromatic rings. The summed E-state index contributed by atoms with van der Waals surface area (Å²) in [4.78, 5) is 8.13. The molecule has 17 heavy (non-hydrogen) atoms. The van der Waals surface area contributed by atoms with E-state index in [-0.39, 0.29) is 5.02 Å². The maximum absolute atomic E-state index is 12.9. The fourth-order valence-electron chi connectivity index (χ4n) is 1.22. The van der Waals surface area contributed by atoms with E-state index in [1.807, 2.05) is 0 Å². The van der Waals surface area contributed by atoms with Crippen LogP contribution >= 0.6 is 27.5 Å². The summed E-state index contributed by atoms with van der Waals surface area (Å²) < 4.78 is 19.0. The third kappa shape index (κ3) is 3.14. The van der Waals surface area contributed by atoms with Gasteiger partial charge in [-0.2, -0.15) is 4.98 Å². The van der Waals surface area contributed by atoms with E-state index in [9.17, 15) is 4.39 Å². The molecule has 0 spiro atoms.